The van der Waals surface area contributed by atoms with Gasteiger partial charge in [-0.1, -0.05) is 11.6 Å². The first-order chi connectivity index (χ1) is 9.51. The quantitative estimate of drug-likeness (QED) is 0.906. The van der Waals surface area contributed by atoms with Crippen LogP contribution in [0.1, 0.15) is 33.1 Å². The number of nitrogens with one attached hydrogen (secondary N) is 2. The standard InChI is InChI=1S/C14H16ClN3OS/c1-8-4-5-12(20-8)9(2)18-14(19)10-6-11(15)13(16-3)17-7-10/h4-7,9H,1-3H3,(H,16,17)(H,18,19). The third-order valence-electron chi connectivity index (χ3n) is 2.88. The first kappa shape index (κ1) is 14.8. The number of rotatable bonds is 4. The molecule has 1 atom stereocenters. The summed E-state index contributed by atoms with van der Waals surface area (Å²) >= 11 is 7.70. The molecule has 4 nitrogen and oxygen atoms in total. The van der Waals surface area contributed by atoms with Crippen LogP contribution in [0.2, 0.25) is 5.02 Å². The lowest BCUT2D eigenvalue weighted by molar-refractivity contribution is 0.0940. The molecule has 20 heavy (non-hydrogen) atoms. The van der Waals surface area contributed by atoms with Crippen LogP contribution in [0.5, 0.6) is 0 Å². The van der Waals surface area contributed by atoms with Gasteiger partial charge in [-0.2, -0.15) is 0 Å². The third-order valence-corrected chi connectivity index (χ3v) is 4.35. The Balaban J connectivity index is 2.10. The molecule has 0 aliphatic heterocycles. The predicted molar refractivity (Wildman–Crippen MR) is 83.7 cm³/mol. The number of carbonyl (C=O) groups is 1. The Hall–Kier alpha value is -1.59. The number of halogens is 1. The molecule has 1 unspecified atom stereocenters. The van der Waals surface area contributed by atoms with E-state index in [1.54, 1.807) is 24.5 Å². The lowest BCUT2D eigenvalue weighted by Crippen LogP contribution is -2.26. The summed E-state index contributed by atoms with van der Waals surface area (Å²) in [6.07, 6.45) is 1.51. The van der Waals surface area contributed by atoms with Gasteiger partial charge in [-0.25, -0.2) is 4.98 Å². The van der Waals surface area contributed by atoms with Crippen LogP contribution >= 0.6 is 22.9 Å². The van der Waals surface area contributed by atoms with Gasteiger partial charge in [-0.3, -0.25) is 4.79 Å². The van der Waals surface area contributed by atoms with Gasteiger partial charge >= 0.3 is 0 Å². The van der Waals surface area contributed by atoms with E-state index in [2.05, 4.69) is 15.6 Å². The van der Waals surface area contributed by atoms with Gasteiger partial charge < -0.3 is 10.6 Å². The Bertz CT molecular complexity index is 627. The minimum Gasteiger partial charge on any atom is -0.372 e. The number of hydrogen-bond donors (Lipinski definition) is 2. The highest BCUT2D eigenvalue weighted by Crippen LogP contribution is 2.23. The number of nitrogens with zero attached hydrogens (tertiary/aromatic N) is 1. The molecule has 0 saturated heterocycles. The summed E-state index contributed by atoms with van der Waals surface area (Å²) in [5, 5.41) is 6.23. The smallest absolute Gasteiger partial charge is 0.253 e. The van der Waals surface area contributed by atoms with Crippen LogP contribution in [0.25, 0.3) is 0 Å². The summed E-state index contributed by atoms with van der Waals surface area (Å²) in [5.41, 5.74) is 0.453. The summed E-state index contributed by atoms with van der Waals surface area (Å²) in [6, 6.07) is 5.65. The second kappa shape index (κ2) is 6.24. The van der Waals surface area contributed by atoms with Crippen molar-refractivity contribution in [2.75, 3.05) is 12.4 Å². The van der Waals surface area contributed by atoms with Crippen molar-refractivity contribution in [2.45, 2.75) is 19.9 Å². The number of amides is 1. The van der Waals surface area contributed by atoms with Crippen LogP contribution in [0.4, 0.5) is 5.82 Å². The summed E-state index contributed by atoms with van der Waals surface area (Å²) in [4.78, 5) is 18.6. The Labute approximate surface area is 127 Å². The Morgan fingerprint density at radius 3 is 2.75 bits per heavy atom. The topological polar surface area (TPSA) is 54.0 Å². The van der Waals surface area contributed by atoms with Gasteiger partial charge in [-0.15, -0.1) is 11.3 Å². The highest BCUT2D eigenvalue weighted by molar-refractivity contribution is 7.12. The number of aryl methyl sites for hydroxylation is 1. The van der Waals surface area contributed by atoms with Gasteiger partial charge in [0, 0.05) is 23.0 Å². The van der Waals surface area contributed by atoms with Gasteiger partial charge in [0.2, 0.25) is 0 Å². The van der Waals surface area contributed by atoms with E-state index >= 15 is 0 Å². The molecule has 106 valence electrons. The number of aromatic nitrogens is 1. The molecule has 2 rings (SSSR count). The first-order valence-electron chi connectivity index (χ1n) is 6.21. The van der Waals surface area contributed by atoms with Crippen LogP contribution in [0, 0.1) is 6.92 Å². The van der Waals surface area contributed by atoms with E-state index in [0.717, 1.165) is 4.88 Å². The predicted octanol–water partition coefficient (Wildman–Crippen LogP) is 3.64. The molecule has 0 spiro atoms. The van der Waals surface area contributed by atoms with Gasteiger partial charge in [0.1, 0.15) is 5.82 Å². The van der Waals surface area contributed by atoms with Crippen LogP contribution in [-0.2, 0) is 0 Å². The van der Waals surface area contributed by atoms with E-state index in [1.165, 1.54) is 11.1 Å². The molecular formula is C14H16ClN3OS. The second-order valence-corrected chi connectivity index (χ2v) is 6.17. The average molecular weight is 310 g/mol. The fourth-order valence-electron chi connectivity index (χ4n) is 1.78. The van der Waals surface area contributed by atoms with Gasteiger partial charge in [0.25, 0.3) is 5.91 Å². The molecule has 2 heterocycles. The molecule has 6 heteroatoms. The molecule has 0 bridgehead atoms. The molecule has 2 N–H and O–H groups in total. The highest BCUT2D eigenvalue weighted by atomic mass is 35.5. The Morgan fingerprint density at radius 2 is 2.20 bits per heavy atom. The fourth-order valence-corrected chi connectivity index (χ4v) is 2.92. The van der Waals surface area contributed by atoms with Crippen LogP contribution < -0.4 is 10.6 Å². The molecule has 0 saturated carbocycles. The summed E-state index contributed by atoms with van der Waals surface area (Å²) in [7, 11) is 1.73. The van der Waals surface area contributed by atoms with Crippen LogP contribution in [0.15, 0.2) is 24.4 Å². The van der Waals surface area contributed by atoms with E-state index < -0.39 is 0 Å². The first-order valence-corrected chi connectivity index (χ1v) is 7.41. The molecule has 0 fully saturated rings. The van der Waals surface area contributed by atoms with Crippen molar-refractivity contribution in [1.82, 2.24) is 10.3 Å². The molecule has 1 amide bonds. The van der Waals surface area contributed by atoms with Crippen molar-refractivity contribution in [3.63, 3.8) is 0 Å². The summed E-state index contributed by atoms with van der Waals surface area (Å²) < 4.78 is 0. The number of hydrogen-bond acceptors (Lipinski definition) is 4. The van der Waals surface area contributed by atoms with E-state index in [4.69, 9.17) is 11.6 Å². The molecule has 0 aromatic carbocycles. The number of anilines is 1. The monoisotopic (exact) mass is 309 g/mol. The number of carbonyl (C=O) groups excluding carboxylic acids is 1. The molecule has 2 aromatic rings. The van der Waals surface area contributed by atoms with Crippen molar-refractivity contribution >= 4 is 34.7 Å². The van der Waals surface area contributed by atoms with E-state index in [1.807, 2.05) is 26.0 Å². The molecule has 0 aliphatic rings. The Morgan fingerprint density at radius 1 is 1.45 bits per heavy atom. The van der Waals surface area contributed by atoms with Gasteiger partial charge in [0.15, 0.2) is 0 Å². The van der Waals surface area contributed by atoms with Crippen molar-refractivity contribution < 1.29 is 4.79 Å². The van der Waals surface area contributed by atoms with Crippen LogP contribution in [-0.4, -0.2) is 17.9 Å². The third kappa shape index (κ3) is 3.29. The highest BCUT2D eigenvalue weighted by Gasteiger charge is 2.14. The maximum Gasteiger partial charge on any atom is 0.253 e. The van der Waals surface area contributed by atoms with Gasteiger partial charge in [-0.05, 0) is 32.0 Å². The van der Waals surface area contributed by atoms with Crippen molar-refractivity contribution in [3.05, 3.63) is 44.7 Å². The van der Waals surface area contributed by atoms with E-state index in [-0.39, 0.29) is 11.9 Å². The van der Waals surface area contributed by atoms with Crippen molar-refractivity contribution in [3.8, 4) is 0 Å². The fraction of sp³-hybridized carbons (Fsp3) is 0.286. The van der Waals surface area contributed by atoms with Crippen LogP contribution in [0.3, 0.4) is 0 Å². The molecular weight excluding hydrogens is 294 g/mol. The maximum atomic E-state index is 12.2. The Kier molecular flexibility index (Phi) is 4.62. The zero-order chi connectivity index (χ0) is 14.7. The maximum absolute atomic E-state index is 12.2. The lowest BCUT2D eigenvalue weighted by Gasteiger charge is -2.12. The van der Waals surface area contributed by atoms with Gasteiger partial charge in [0.05, 0.1) is 16.6 Å². The molecule has 2 aromatic heterocycles. The summed E-state index contributed by atoms with van der Waals surface area (Å²) in [6.45, 7) is 4.00. The summed E-state index contributed by atoms with van der Waals surface area (Å²) in [5.74, 6) is 0.380. The SMILES string of the molecule is CNc1ncc(C(=O)NC(C)c2ccc(C)s2)cc1Cl. The minimum atomic E-state index is -0.180. The largest absolute Gasteiger partial charge is 0.372 e. The zero-order valence-corrected chi connectivity index (χ0v) is 13.1. The zero-order valence-electron chi connectivity index (χ0n) is 11.5. The van der Waals surface area contributed by atoms with E-state index in [9.17, 15) is 4.79 Å². The normalized spacial score (nSPS) is 12.0. The number of thiophene rings is 1. The lowest BCUT2D eigenvalue weighted by atomic mass is 10.2. The average Bonchev–Trinajstić information content (AvgIpc) is 2.85. The van der Waals surface area contributed by atoms with E-state index in [0.29, 0.717) is 16.4 Å². The minimum absolute atomic E-state index is 0.0380. The van der Waals surface area contributed by atoms with Crippen molar-refractivity contribution in [1.29, 1.82) is 0 Å². The molecule has 0 aliphatic carbocycles. The molecule has 0 radical (unpaired) electrons. The van der Waals surface area contributed by atoms with Crippen molar-refractivity contribution in [2.24, 2.45) is 0 Å². The second-order valence-electron chi connectivity index (χ2n) is 4.45. The number of pyridine rings is 1.